The average Bonchev–Trinajstić information content (AvgIpc) is 3.34. The van der Waals surface area contributed by atoms with Crippen LogP contribution in [-0.4, -0.2) is 88.5 Å². The number of aromatic nitrogens is 3. The van der Waals surface area contributed by atoms with E-state index in [0.717, 1.165) is 59.6 Å². The lowest BCUT2D eigenvalue weighted by Crippen LogP contribution is -2.53. The number of aliphatic hydroxyl groups is 1. The maximum atomic E-state index is 10.8. The lowest BCUT2D eigenvalue weighted by molar-refractivity contribution is -0.234. The molecule has 10 heteroatoms. The van der Waals surface area contributed by atoms with Crippen molar-refractivity contribution in [2.75, 3.05) is 46.5 Å². The van der Waals surface area contributed by atoms with E-state index in [1.54, 1.807) is 13.4 Å². The van der Waals surface area contributed by atoms with Crippen molar-refractivity contribution >= 4 is 23.3 Å². The van der Waals surface area contributed by atoms with Crippen LogP contribution in [0.5, 0.6) is 0 Å². The summed E-state index contributed by atoms with van der Waals surface area (Å²) in [7, 11) is 3.70. The van der Waals surface area contributed by atoms with Gasteiger partial charge in [0.05, 0.1) is 36.1 Å². The number of methoxy groups -OCH3 is 1. The summed E-state index contributed by atoms with van der Waals surface area (Å²) in [5.74, 6) is 0. The molecule has 2 unspecified atom stereocenters. The highest BCUT2D eigenvalue weighted by Gasteiger charge is 2.36. The van der Waals surface area contributed by atoms with Crippen LogP contribution in [0.25, 0.3) is 11.6 Å². The molecule has 2 aromatic heterocycles. The van der Waals surface area contributed by atoms with Gasteiger partial charge in [0.15, 0.2) is 0 Å². The SMILES string of the molecule is COC(C1=Cc2cccnc2[C@@H](N2CCN(C(O)OC3CCOCC3)CC2)c2ccc(Cl)cc21)c1cncn1C. The van der Waals surface area contributed by atoms with Crippen LogP contribution in [0.1, 0.15) is 53.1 Å². The number of piperazine rings is 1. The first kappa shape index (κ1) is 27.5. The number of nitrogens with zero attached hydrogens (tertiary/aromatic N) is 5. The van der Waals surface area contributed by atoms with Gasteiger partial charge in [-0.25, -0.2) is 4.98 Å². The van der Waals surface area contributed by atoms with Crippen molar-refractivity contribution in [2.24, 2.45) is 7.05 Å². The molecule has 6 rings (SSSR count). The van der Waals surface area contributed by atoms with Gasteiger partial charge in [-0.3, -0.25) is 14.8 Å². The molecule has 0 spiro atoms. The lowest BCUT2D eigenvalue weighted by atomic mass is 9.91. The summed E-state index contributed by atoms with van der Waals surface area (Å²) in [5.41, 5.74) is 6.17. The number of hydrogen-bond donors (Lipinski definition) is 1. The largest absolute Gasteiger partial charge is 0.381 e. The zero-order valence-corrected chi connectivity index (χ0v) is 23.7. The first-order valence-electron chi connectivity index (χ1n) is 13.9. The Bertz CT molecular complexity index is 1350. The molecule has 212 valence electrons. The summed E-state index contributed by atoms with van der Waals surface area (Å²) in [6.07, 6.45) is 8.09. The minimum Gasteiger partial charge on any atom is -0.381 e. The zero-order valence-electron chi connectivity index (χ0n) is 22.9. The fourth-order valence-corrected chi connectivity index (χ4v) is 6.26. The number of aryl methyl sites for hydroxylation is 1. The molecule has 2 fully saturated rings. The van der Waals surface area contributed by atoms with Gasteiger partial charge in [-0.05, 0) is 59.4 Å². The van der Waals surface area contributed by atoms with Crippen molar-refractivity contribution in [3.8, 4) is 0 Å². The molecule has 1 aromatic carbocycles. The molecular formula is C30H36ClN5O4. The summed E-state index contributed by atoms with van der Waals surface area (Å²) in [6.45, 7) is 4.24. The smallest absolute Gasteiger partial charge is 0.216 e. The van der Waals surface area contributed by atoms with E-state index in [0.29, 0.717) is 31.3 Å². The fraction of sp³-hybridized carbons (Fsp3) is 0.467. The standard InChI is InChI=1S/C30H36ClN5O4/c1-34-19-32-18-26(34)29(38-2)25-16-20-4-3-9-33-27(20)28(23-6-5-21(31)17-24(23)25)35-10-12-36(13-11-35)30(37)40-22-7-14-39-15-8-22/h3-6,9,16-19,22,28-30,37H,7-8,10-15H2,1-2H3/t28-,29?,30?/m0/s1. The van der Waals surface area contributed by atoms with Crippen molar-refractivity contribution in [2.45, 2.75) is 37.5 Å². The summed E-state index contributed by atoms with van der Waals surface area (Å²) < 4.78 is 19.5. The Balaban J connectivity index is 1.32. The third-order valence-electron chi connectivity index (χ3n) is 8.21. The molecular weight excluding hydrogens is 530 g/mol. The molecule has 40 heavy (non-hydrogen) atoms. The van der Waals surface area contributed by atoms with E-state index in [4.69, 9.17) is 30.8 Å². The molecule has 2 saturated heterocycles. The van der Waals surface area contributed by atoms with E-state index in [1.165, 1.54) is 0 Å². The molecule has 1 aliphatic carbocycles. The summed E-state index contributed by atoms with van der Waals surface area (Å²) in [6, 6.07) is 10.1. The van der Waals surface area contributed by atoms with Crippen LogP contribution in [0.3, 0.4) is 0 Å². The third-order valence-corrected chi connectivity index (χ3v) is 8.45. The molecule has 1 N–H and O–H groups in total. The highest BCUT2D eigenvalue weighted by atomic mass is 35.5. The topological polar surface area (TPSA) is 85.1 Å². The summed E-state index contributed by atoms with van der Waals surface area (Å²) >= 11 is 6.61. The van der Waals surface area contributed by atoms with Crippen LogP contribution >= 0.6 is 11.6 Å². The Morgan fingerprint density at radius 1 is 1.12 bits per heavy atom. The number of imidazole rings is 1. The number of fused-ring (bicyclic) bond motifs is 2. The first-order valence-corrected chi connectivity index (χ1v) is 14.3. The van der Waals surface area contributed by atoms with E-state index >= 15 is 0 Å². The number of ether oxygens (including phenoxy) is 3. The highest BCUT2D eigenvalue weighted by molar-refractivity contribution is 6.30. The minimum atomic E-state index is -0.912. The second-order valence-electron chi connectivity index (χ2n) is 10.6. The van der Waals surface area contributed by atoms with Gasteiger partial charge in [0.1, 0.15) is 6.10 Å². The molecule has 0 amide bonds. The minimum absolute atomic E-state index is 0.0361. The third kappa shape index (κ3) is 5.47. The second-order valence-corrected chi connectivity index (χ2v) is 11.0. The van der Waals surface area contributed by atoms with Gasteiger partial charge in [0.25, 0.3) is 0 Å². The maximum absolute atomic E-state index is 10.8. The fourth-order valence-electron chi connectivity index (χ4n) is 6.09. The van der Waals surface area contributed by atoms with Crippen LogP contribution in [0.2, 0.25) is 5.02 Å². The summed E-state index contributed by atoms with van der Waals surface area (Å²) in [4.78, 5) is 13.7. The van der Waals surface area contributed by atoms with Gasteiger partial charge in [-0.15, -0.1) is 0 Å². The van der Waals surface area contributed by atoms with Crippen LogP contribution in [-0.2, 0) is 21.3 Å². The van der Waals surface area contributed by atoms with Crippen molar-refractivity contribution < 1.29 is 19.3 Å². The number of rotatable bonds is 7. The number of halogens is 1. The van der Waals surface area contributed by atoms with E-state index in [2.05, 4.69) is 28.1 Å². The second kappa shape index (κ2) is 12.1. The molecule has 9 nitrogen and oxygen atoms in total. The predicted molar refractivity (Wildman–Crippen MR) is 152 cm³/mol. The van der Waals surface area contributed by atoms with Crippen molar-refractivity contribution in [1.29, 1.82) is 0 Å². The van der Waals surface area contributed by atoms with Crippen molar-refractivity contribution in [1.82, 2.24) is 24.3 Å². The van der Waals surface area contributed by atoms with E-state index in [9.17, 15) is 5.11 Å². The molecule has 3 aliphatic rings. The van der Waals surface area contributed by atoms with Crippen LogP contribution in [0.4, 0.5) is 0 Å². The molecule has 4 heterocycles. The normalized spacial score (nSPS) is 22.2. The Hall–Kier alpha value is -2.63. The molecule has 2 aliphatic heterocycles. The van der Waals surface area contributed by atoms with Gasteiger partial charge in [0.2, 0.25) is 6.41 Å². The van der Waals surface area contributed by atoms with E-state index in [1.807, 2.05) is 47.1 Å². The molecule has 3 atom stereocenters. The Morgan fingerprint density at radius 3 is 2.65 bits per heavy atom. The monoisotopic (exact) mass is 565 g/mol. The number of aliphatic hydroxyl groups excluding tert-OH is 1. The molecule has 3 aromatic rings. The van der Waals surface area contributed by atoms with Gasteiger partial charge in [-0.1, -0.05) is 23.7 Å². The van der Waals surface area contributed by atoms with Crippen LogP contribution in [0.15, 0.2) is 49.1 Å². The summed E-state index contributed by atoms with van der Waals surface area (Å²) in [5, 5.41) is 11.5. The van der Waals surface area contributed by atoms with Gasteiger partial charge >= 0.3 is 0 Å². The molecule has 0 bridgehead atoms. The van der Waals surface area contributed by atoms with Crippen LogP contribution in [0, 0.1) is 0 Å². The zero-order chi connectivity index (χ0) is 27.6. The van der Waals surface area contributed by atoms with E-state index in [-0.39, 0.29) is 18.2 Å². The number of hydrogen-bond acceptors (Lipinski definition) is 8. The Labute approximate surface area is 239 Å². The van der Waals surface area contributed by atoms with Crippen molar-refractivity contribution in [3.05, 3.63) is 82.2 Å². The molecule has 0 radical (unpaired) electrons. The maximum Gasteiger partial charge on any atom is 0.216 e. The van der Waals surface area contributed by atoms with E-state index < -0.39 is 6.41 Å². The van der Waals surface area contributed by atoms with Gasteiger partial charge in [-0.2, -0.15) is 0 Å². The number of pyridine rings is 1. The lowest BCUT2D eigenvalue weighted by Gasteiger charge is -2.41. The van der Waals surface area contributed by atoms with Crippen LogP contribution < -0.4 is 0 Å². The predicted octanol–water partition coefficient (Wildman–Crippen LogP) is 3.89. The first-order chi connectivity index (χ1) is 19.5. The molecule has 0 saturated carbocycles. The average molecular weight is 566 g/mol. The highest BCUT2D eigenvalue weighted by Crippen LogP contribution is 2.45. The van der Waals surface area contributed by atoms with Gasteiger partial charge < -0.3 is 23.9 Å². The van der Waals surface area contributed by atoms with Gasteiger partial charge in [0, 0.05) is 64.8 Å². The Kier molecular flexibility index (Phi) is 8.32. The number of benzene rings is 1. The Morgan fingerprint density at radius 2 is 1.93 bits per heavy atom. The quantitative estimate of drug-likeness (QED) is 0.432. The van der Waals surface area contributed by atoms with Crippen molar-refractivity contribution in [3.63, 3.8) is 0 Å².